The van der Waals surface area contributed by atoms with E-state index < -0.39 is 0 Å². The first-order valence-electron chi connectivity index (χ1n) is 6.12. The van der Waals surface area contributed by atoms with Crippen molar-refractivity contribution < 1.29 is 0 Å². The van der Waals surface area contributed by atoms with Crippen molar-refractivity contribution in [2.75, 3.05) is 11.9 Å². The van der Waals surface area contributed by atoms with Gasteiger partial charge in [0.25, 0.3) is 0 Å². The maximum Gasteiger partial charge on any atom is 0.0441 e. The van der Waals surface area contributed by atoms with E-state index >= 15 is 0 Å². The number of rotatable bonds is 4. The van der Waals surface area contributed by atoms with E-state index in [4.69, 9.17) is 5.73 Å². The second-order valence-electron chi connectivity index (χ2n) is 4.60. The summed E-state index contributed by atoms with van der Waals surface area (Å²) in [5.74, 6) is 0. The van der Waals surface area contributed by atoms with Crippen LogP contribution in [0.2, 0.25) is 0 Å². The van der Waals surface area contributed by atoms with Crippen molar-refractivity contribution in [3.63, 3.8) is 0 Å². The first-order chi connectivity index (χ1) is 8.66. The van der Waals surface area contributed by atoms with E-state index in [-0.39, 0.29) is 6.04 Å². The van der Waals surface area contributed by atoms with Gasteiger partial charge in [-0.3, -0.25) is 4.98 Å². The first kappa shape index (κ1) is 12.6. The van der Waals surface area contributed by atoms with E-state index in [0.717, 1.165) is 12.1 Å². The highest BCUT2D eigenvalue weighted by atomic mass is 15.1. The van der Waals surface area contributed by atoms with Gasteiger partial charge in [-0.25, -0.2) is 0 Å². The van der Waals surface area contributed by atoms with Crippen LogP contribution in [0.4, 0.5) is 5.69 Å². The van der Waals surface area contributed by atoms with Crippen LogP contribution in [0.3, 0.4) is 0 Å². The minimum atomic E-state index is 0.0858. The van der Waals surface area contributed by atoms with Gasteiger partial charge in [0.2, 0.25) is 0 Å². The third kappa shape index (κ3) is 3.08. The van der Waals surface area contributed by atoms with E-state index in [1.54, 1.807) is 6.20 Å². The Hall–Kier alpha value is -1.87. The van der Waals surface area contributed by atoms with E-state index in [9.17, 15) is 0 Å². The lowest BCUT2D eigenvalue weighted by molar-refractivity contribution is 0.817. The Kier molecular flexibility index (Phi) is 3.95. The molecule has 2 rings (SSSR count). The highest BCUT2D eigenvalue weighted by Gasteiger charge is 2.03. The number of hydrogen-bond acceptors (Lipinski definition) is 3. The molecular formula is C15H19N3. The van der Waals surface area contributed by atoms with Gasteiger partial charge in [0.15, 0.2) is 0 Å². The van der Waals surface area contributed by atoms with Gasteiger partial charge in [0.1, 0.15) is 0 Å². The Morgan fingerprint density at radius 3 is 2.50 bits per heavy atom. The first-order valence-corrected chi connectivity index (χ1v) is 6.12. The fourth-order valence-corrected chi connectivity index (χ4v) is 1.89. The fourth-order valence-electron chi connectivity index (χ4n) is 1.89. The molecule has 2 aromatic rings. The molecule has 1 aromatic heterocycles. The lowest BCUT2D eigenvalue weighted by atomic mass is 10.1. The molecule has 3 nitrogen and oxygen atoms in total. The largest absolute Gasteiger partial charge is 0.370 e. The maximum absolute atomic E-state index is 5.84. The summed E-state index contributed by atoms with van der Waals surface area (Å²) in [6.07, 6.45) is 3.69. The van der Waals surface area contributed by atoms with Crippen LogP contribution in [0.1, 0.15) is 24.1 Å². The normalized spacial score (nSPS) is 12.2. The van der Waals surface area contributed by atoms with Crippen molar-refractivity contribution in [1.82, 2.24) is 4.98 Å². The average Bonchev–Trinajstić information content (AvgIpc) is 2.40. The van der Waals surface area contributed by atoms with Crippen LogP contribution < -0.4 is 10.6 Å². The van der Waals surface area contributed by atoms with Crippen molar-refractivity contribution in [2.24, 2.45) is 5.73 Å². The molecular weight excluding hydrogens is 222 g/mol. The van der Waals surface area contributed by atoms with Gasteiger partial charge < -0.3 is 10.6 Å². The second kappa shape index (κ2) is 5.65. The summed E-state index contributed by atoms with van der Waals surface area (Å²) in [5, 5.41) is 0. The SMILES string of the molecule is C[C@H](N)c1ccc(N(C)Cc2cccnc2)cc1. The monoisotopic (exact) mass is 241 g/mol. The van der Waals surface area contributed by atoms with Crippen LogP contribution in [-0.4, -0.2) is 12.0 Å². The number of nitrogens with zero attached hydrogens (tertiary/aromatic N) is 2. The molecule has 3 heteroatoms. The molecule has 0 amide bonds. The number of pyridine rings is 1. The second-order valence-corrected chi connectivity index (χ2v) is 4.60. The lowest BCUT2D eigenvalue weighted by Gasteiger charge is -2.20. The number of benzene rings is 1. The van der Waals surface area contributed by atoms with Gasteiger partial charge >= 0.3 is 0 Å². The van der Waals surface area contributed by atoms with Crippen LogP contribution in [0, 0.1) is 0 Å². The maximum atomic E-state index is 5.84. The van der Waals surface area contributed by atoms with Crippen LogP contribution in [0.15, 0.2) is 48.8 Å². The summed E-state index contributed by atoms with van der Waals surface area (Å²) in [6, 6.07) is 12.5. The summed E-state index contributed by atoms with van der Waals surface area (Å²) < 4.78 is 0. The van der Waals surface area contributed by atoms with Gasteiger partial charge in [-0.2, -0.15) is 0 Å². The zero-order chi connectivity index (χ0) is 13.0. The van der Waals surface area contributed by atoms with Crippen LogP contribution in [-0.2, 0) is 6.54 Å². The topological polar surface area (TPSA) is 42.1 Å². The zero-order valence-corrected chi connectivity index (χ0v) is 10.9. The molecule has 0 bridgehead atoms. The standard InChI is InChI=1S/C15H19N3/c1-12(16)14-5-7-15(8-6-14)18(2)11-13-4-3-9-17-10-13/h3-10,12H,11,16H2,1-2H3/t12-/m0/s1. The molecule has 94 valence electrons. The zero-order valence-electron chi connectivity index (χ0n) is 10.9. The van der Waals surface area contributed by atoms with Crippen molar-refractivity contribution in [3.8, 4) is 0 Å². The van der Waals surface area contributed by atoms with E-state index in [1.165, 1.54) is 11.3 Å². The van der Waals surface area contributed by atoms with Crippen molar-refractivity contribution in [3.05, 3.63) is 59.9 Å². The highest BCUT2D eigenvalue weighted by Crippen LogP contribution is 2.18. The van der Waals surface area contributed by atoms with Gasteiger partial charge in [0.05, 0.1) is 0 Å². The number of hydrogen-bond donors (Lipinski definition) is 1. The molecule has 2 N–H and O–H groups in total. The number of nitrogens with two attached hydrogens (primary N) is 1. The van der Waals surface area contributed by atoms with Gasteiger partial charge in [-0.15, -0.1) is 0 Å². The van der Waals surface area contributed by atoms with Crippen molar-refractivity contribution >= 4 is 5.69 Å². The molecule has 1 heterocycles. The molecule has 0 saturated heterocycles. The third-order valence-corrected chi connectivity index (χ3v) is 3.00. The summed E-state index contributed by atoms with van der Waals surface area (Å²) in [6.45, 7) is 2.85. The predicted molar refractivity (Wildman–Crippen MR) is 75.4 cm³/mol. The Bertz CT molecular complexity index is 477. The Balaban J connectivity index is 2.07. The molecule has 18 heavy (non-hydrogen) atoms. The van der Waals surface area contributed by atoms with Crippen LogP contribution in [0.25, 0.3) is 0 Å². The summed E-state index contributed by atoms with van der Waals surface area (Å²) >= 11 is 0. The van der Waals surface area contributed by atoms with Gasteiger partial charge in [-0.1, -0.05) is 18.2 Å². The Labute approximate surface area is 108 Å². The smallest absolute Gasteiger partial charge is 0.0441 e. The quantitative estimate of drug-likeness (QED) is 0.895. The van der Waals surface area contributed by atoms with Crippen molar-refractivity contribution in [2.45, 2.75) is 19.5 Å². The molecule has 1 atom stereocenters. The van der Waals surface area contributed by atoms with Crippen LogP contribution >= 0.6 is 0 Å². The third-order valence-electron chi connectivity index (χ3n) is 3.00. The molecule has 0 unspecified atom stereocenters. The molecule has 1 aromatic carbocycles. The molecule has 0 saturated carbocycles. The molecule has 0 aliphatic carbocycles. The number of aromatic nitrogens is 1. The molecule has 0 spiro atoms. The Morgan fingerprint density at radius 1 is 1.22 bits per heavy atom. The summed E-state index contributed by atoms with van der Waals surface area (Å²) in [4.78, 5) is 6.32. The van der Waals surface area contributed by atoms with Crippen LogP contribution in [0.5, 0.6) is 0 Å². The number of anilines is 1. The molecule has 0 fully saturated rings. The van der Waals surface area contributed by atoms with Crippen molar-refractivity contribution in [1.29, 1.82) is 0 Å². The fraction of sp³-hybridized carbons (Fsp3) is 0.267. The van der Waals surface area contributed by atoms with E-state index in [1.807, 2.05) is 19.2 Å². The highest BCUT2D eigenvalue weighted by molar-refractivity contribution is 5.47. The minimum Gasteiger partial charge on any atom is -0.370 e. The summed E-state index contributed by atoms with van der Waals surface area (Å²) in [7, 11) is 2.08. The van der Waals surface area contributed by atoms with Gasteiger partial charge in [0, 0.05) is 37.7 Å². The average molecular weight is 241 g/mol. The molecule has 0 radical (unpaired) electrons. The van der Waals surface area contributed by atoms with Gasteiger partial charge in [-0.05, 0) is 36.2 Å². The van der Waals surface area contributed by atoms with E-state index in [2.05, 4.69) is 47.3 Å². The summed E-state index contributed by atoms with van der Waals surface area (Å²) in [5.41, 5.74) is 9.39. The minimum absolute atomic E-state index is 0.0858. The predicted octanol–water partition coefficient (Wildman–Crippen LogP) is 2.74. The Morgan fingerprint density at radius 2 is 1.94 bits per heavy atom. The lowest BCUT2D eigenvalue weighted by Crippen LogP contribution is -2.16. The molecule has 0 aliphatic heterocycles. The van der Waals surface area contributed by atoms with E-state index in [0.29, 0.717) is 0 Å². The molecule has 0 aliphatic rings.